The molecule has 3 rings (SSSR count). The molecule has 0 aliphatic carbocycles. The molecule has 1 saturated heterocycles. The molecule has 0 aromatic heterocycles. The highest BCUT2D eigenvalue weighted by Crippen LogP contribution is 2.45. The number of ether oxygens (including phenoxy) is 3. The van der Waals surface area contributed by atoms with Gasteiger partial charge in [0, 0.05) is 18.7 Å². The van der Waals surface area contributed by atoms with E-state index in [0.717, 1.165) is 16.9 Å². The SMILES string of the molecule is COc1cc(C2SCCC(=O)N2Cc2ccc(F)cc2)cc(OC)c1OC. The number of carbonyl (C=O) groups excluding carboxylic acids is 1. The van der Waals surface area contributed by atoms with E-state index < -0.39 is 0 Å². The number of halogens is 1. The first-order valence-electron chi connectivity index (χ1n) is 8.52. The number of benzene rings is 2. The molecule has 2 aromatic carbocycles. The summed E-state index contributed by atoms with van der Waals surface area (Å²) in [7, 11) is 4.69. The van der Waals surface area contributed by atoms with Gasteiger partial charge in [0.05, 0.1) is 21.3 Å². The summed E-state index contributed by atoms with van der Waals surface area (Å²) < 4.78 is 29.5. The van der Waals surface area contributed by atoms with Crippen molar-refractivity contribution >= 4 is 17.7 Å². The fraction of sp³-hybridized carbons (Fsp3) is 0.350. The lowest BCUT2D eigenvalue weighted by molar-refractivity contribution is -0.132. The number of hydrogen-bond donors (Lipinski definition) is 0. The van der Waals surface area contributed by atoms with Crippen LogP contribution in [-0.2, 0) is 11.3 Å². The molecule has 1 heterocycles. The van der Waals surface area contributed by atoms with Crippen LogP contribution in [0.3, 0.4) is 0 Å². The van der Waals surface area contributed by atoms with E-state index in [1.165, 1.54) is 12.1 Å². The van der Waals surface area contributed by atoms with Crippen molar-refractivity contribution in [3.05, 3.63) is 53.3 Å². The van der Waals surface area contributed by atoms with Crippen LogP contribution >= 0.6 is 11.8 Å². The maximum absolute atomic E-state index is 13.2. The van der Waals surface area contributed by atoms with E-state index in [2.05, 4.69) is 0 Å². The Morgan fingerprint density at radius 2 is 1.70 bits per heavy atom. The third-order valence-corrected chi connectivity index (χ3v) is 5.72. The number of rotatable bonds is 6. The van der Waals surface area contributed by atoms with Crippen molar-refractivity contribution in [3.63, 3.8) is 0 Å². The summed E-state index contributed by atoms with van der Waals surface area (Å²) in [5.74, 6) is 2.12. The summed E-state index contributed by atoms with van der Waals surface area (Å²) in [6.45, 7) is 0.410. The zero-order chi connectivity index (χ0) is 19.4. The number of amides is 1. The lowest BCUT2D eigenvalue weighted by atomic mass is 10.1. The van der Waals surface area contributed by atoms with Gasteiger partial charge in [0.15, 0.2) is 11.5 Å². The second kappa shape index (κ2) is 8.52. The van der Waals surface area contributed by atoms with Gasteiger partial charge in [-0.2, -0.15) is 0 Å². The Morgan fingerprint density at radius 3 is 2.26 bits per heavy atom. The minimum Gasteiger partial charge on any atom is -0.493 e. The predicted molar refractivity (Wildman–Crippen MR) is 103 cm³/mol. The number of thioether (sulfide) groups is 1. The third kappa shape index (κ3) is 4.13. The Labute approximate surface area is 162 Å². The minimum atomic E-state index is -0.292. The van der Waals surface area contributed by atoms with Gasteiger partial charge in [-0.05, 0) is 35.4 Å². The zero-order valence-electron chi connectivity index (χ0n) is 15.5. The van der Waals surface area contributed by atoms with E-state index in [1.54, 1.807) is 45.2 Å². The average Bonchev–Trinajstić information content (AvgIpc) is 2.69. The molecular weight excluding hydrogens is 369 g/mol. The molecule has 1 amide bonds. The largest absolute Gasteiger partial charge is 0.493 e. The molecule has 0 N–H and O–H groups in total. The fourth-order valence-electron chi connectivity index (χ4n) is 3.10. The van der Waals surface area contributed by atoms with Gasteiger partial charge in [-0.15, -0.1) is 11.8 Å². The van der Waals surface area contributed by atoms with Crippen molar-refractivity contribution in [1.82, 2.24) is 4.90 Å². The van der Waals surface area contributed by atoms with Crippen LogP contribution in [0.5, 0.6) is 17.2 Å². The number of carbonyl (C=O) groups is 1. The van der Waals surface area contributed by atoms with Crippen LogP contribution in [0.25, 0.3) is 0 Å². The van der Waals surface area contributed by atoms with Crippen LogP contribution in [0.2, 0.25) is 0 Å². The molecule has 1 fully saturated rings. The molecule has 0 saturated carbocycles. The Balaban J connectivity index is 1.96. The highest BCUT2D eigenvalue weighted by molar-refractivity contribution is 7.99. The molecule has 0 spiro atoms. The van der Waals surface area contributed by atoms with Crippen molar-refractivity contribution in [2.45, 2.75) is 18.3 Å². The molecule has 2 aromatic rings. The van der Waals surface area contributed by atoms with Crippen LogP contribution < -0.4 is 14.2 Å². The standard InChI is InChI=1S/C20H22FNO4S/c1-24-16-10-14(11-17(25-2)19(16)26-3)20-22(18(23)8-9-27-20)12-13-4-6-15(21)7-5-13/h4-7,10-11,20H,8-9,12H2,1-3H3. The summed E-state index contributed by atoms with van der Waals surface area (Å²) >= 11 is 1.68. The van der Waals surface area contributed by atoms with Crippen molar-refractivity contribution in [1.29, 1.82) is 0 Å². The Kier molecular flexibility index (Phi) is 6.11. The molecule has 0 bridgehead atoms. The lowest BCUT2D eigenvalue weighted by Crippen LogP contribution is -2.36. The monoisotopic (exact) mass is 391 g/mol. The van der Waals surface area contributed by atoms with Crippen LogP contribution in [0.1, 0.15) is 22.9 Å². The third-order valence-electron chi connectivity index (χ3n) is 4.43. The van der Waals surface area contributed by atoms with Gasteiger partial charge in [-0.25, -0.2) is 4.39 Å². The first-order valence-corrected chi connectivity index (χ1v) is 9.57. The molecule has 144 valence electrons. The van der Waals surface area contributed by atoms with Crippen LogP contribution in [0.15, 0.2) is 36.4 Å². The van der Waals surface area contributed by atoms with E-state index in [-0.39, 0.29) is 17.1 Å². The molecule has 1 aliphatic rings. The number of methoxy groups -OCH3 is 3. The Hall–Kier alpha value is -2.41. The van der Waals surface area contributed by atoms with Crippen LogP contribution in [0, 0.1) is 5.82 Å². The summed E-state index contributed by atoms with van der Waals surface area (Å²) in [5, 5.41) is -0.190. The summed E-state index contributed by atoms with van der Waals surface area (Å²) in [4.78, 5) is 14.4. The number of hydrogen-bond acceptors (Lipinski definition) is 5. The van der Waals surface area contributed by atoms with E-state index >= 15 is 0 Å². The van der Waals surface area contributed by atoms with E-state index in [0.29, 0.717) is 30.2 Å². The van der Waals surface area contributed by atoms with Gasteiger partial charge >= 0.3 is 0 Å². The topological polar surface area (TPSA) is 48.0 Å². The van der Waals surface area contributed by atoms with Gasteiger partial charge < -0.3 is 19.1 Å². The van der Waals surface area contributed by atoms with Gasteiger partial charge in [-0.3, -0.25) is 4.79 Å². The van der Waals surface area contributed by atoms with Crippen molar-refractivity contribution in [2.24, 2.45) is 0 Å². The van der Waals surface area contributed by atoms with Crippen molar-refractivity contribution < 1.29 is 23.4 Å². The average molecular weight is 391 g/mol. The Bertz CT molecular complexity index is 787. The Morgan fingerprint density at radius 1 is 1.07 bits per heavy atom. The van der Waals surface area contributed by atoms with E-state index in [1.807, 2.05) is 17.0 Å². The maximum Gasteiger partial charge on any atom is 0.224 e. The quantitative estimate of drug-likeness (QED) is 0.745. The molecule has 7 heteroatoms. The van der Waals surface area contributed by atoms with Crippen molar-refractivity contribution in [2.75, 3.05) is 27.1 Å². The van der Waals surface area contributed by atoms with Crippen molar-refractivity contribution in [3.8, 4) is 17.2 Å². The van der Waals surface area contributed by atoms with Gasteiger partial charge in [-0.1, -0.05) is 12.1 Å². The van der Waals surface area contributed by atoms with E-state index in [4.69, 9.17) is 14.2 Å². The second-order valence-corrected chi connectivity index (χ2v) is 7.27. The van der Waals surface area contributed by atoms with Gasteiger partial charge in [0.25, 0.3) is 0 Å². The summed E-state index contributed by atoms with van der Waals surface area (Å²) in [6, 6.07) is 9.96. The minimum absolute atomic E-state index is 0.0665. The van der Waals surface area contributed by atoms with Gasteiger partial charge in [0.1, 0.15) is 11.2 Å². The normalized spacial score (nSPS) is 17.0. The molecule has 1 aliphatic heterocycles. The fourth-order valence-corrected chi connectivity index (χ4v) is 4.32. The number of nitrogens with zero attached hydrogens (tertiary/aromatic N) is 1. The molecule has 0 radical (unpaired) electrons. The molecule has 1 atom stereocenters. The predicted octanol–water partition coefficient (Wildman–Crippen LogP) is 4.02. The second-order valence-electron chi connectivity index (χ2n) is 6.08. The smallest absolute Gasteiger partial charge is 0.224 e. The molecule has 27 heavy (non-hydrogen) atoms. The van der Waals surface area contributed by atoms with Crippen LogP contribution in [-0.4, -0.2) is 37.9 Å². The highest BCUT2D eigenvalue weighted by Gasteiger charge is 2.31. The zero-order valence-corrected chi connectivity index (χ0v) is 16.3. The van der Waals surface area contributed by atoms with Crippen LogP contribution in [0.4, 0.5) is 4.39 Å². The first kappa shape index (κ1) is 19.4. The highest BCUT2D eigenvalue weighted by atomic mass is 32.2. The maximum atomic E-state index is 13.2. The summed E-state index contributed by atoms with van der Waals surface area (Å²) in [5.41, 5.74) is 1.77. The molecular formula is C20H22FNO4S. The lowest BCUT2D eigenvalue weighted by Gasteiger charge is -2.36. The van der Waals surface area contributed by atoms with Gasteiger partial charge in [0.2, 0.25) is 11.7 Å². The molecule has 5 nitrogen and oxygen atoms in total. The first-order chi connectivity index (χ1) is 13.1. The summed E-state index contributed by atoms with van der Waals surface area (Å²) in [6.07, 6.45) is 0.479. The molecule has 1 unspecified atom stereocenters. The van der Waals surface area contributed by atoms with E-state index in [9.17, 15) is 9.18 Å².